The normalized spacial score (nSPS) is 21.7. The van der Waals surface area contributed by atoms with Crippen LogP contribution in [-0.2, 0) is 0 Å². The molecule has 0 aliphatic carbocycles. The second-order valence-corrected chi connectivity index (χ2v) is 6.91. The molecular weight excluding hydrogens is 251 g/mol. The van der Waals surface area contributed by atoms with E-state index in [1.807, 2.05) is 12.1 Å². The van der Waals surface area contributed by atoms with Crippen molar-refractivity contribution in [2.75, 3.05) is 13.1 Å². The van der Waals surface area contributed by atoms with E-state index in [1.54, 1.807) is 12.1 Å². The molecule has 0 bridgehead atoms. The first-order valence-corrected chi connectivity index (χ1v) is 7.69. The highest BCUT2D eigenvalue weighted by atomic mass is 19.1. The Kier molecular flexibility index (Phi) is 5.17. The number of rotatable bonds is 4. The maximum absolute atomic E-state index is 13.1. The number of piperidine rings is 1. The molecule has 0 amide bonds. The first-order chi connectivity index (χ1) is 9.47. The first kappa shape index (κ1) is 15.5. The highest BCUT2D eigenvalue weighted by Crippen LogP contribution is 2.32. The van der Waals surface area contributed by atoms with Gasteiger partial charge in [0.2, 0.25) is 0 Å². The largest absolute Gasteiger partial charge is 0.313 e. The third-order valence-electron chi connectivity index (χ3n) is 4.05. The van der Waals surface area contributed by atoms with Crippen molar-refractivity contribution >= 4 is 0 Å². The van der Waals surface area contributed by atoms with Crippen LogP contribution in [0.2, 0.25) is 0 Å². The van der Waals surface area contributed by atoms with E-state index in [-0.39, 0.29) is 17.3 Å². The molecule has 0 spiro atoms. The quantitative estimate of drug-likeness (QED) is 0.878. The van der Waals surface area contributed by atoms with Crippen LogP contribution in [0.1, 0.15) is 51.6 Å². The fourth-order valence-electron chi connectivity index (χ4n) is 2.94. The van der Waals surface area contributed by atoms with E-state index < -0.39 is 0 Å². The minimum Gasteiger partial charge on any atom is -0.313 e. The van der Waals surface area contributed by atoms with Crippen molar-refractivity contribution in [2.24, 2.45) is 5.41 Å². The van der Waals surface area contributed by atoms with E-state index in [0.29, 0.717) is 6.04 Å². The summed E-state index contributed by atoms with van der Waals surface area (Å²) in [5.74, 6) is -0.171. The van der Waals surface area contributed by atoms with Gasteiger partial charge < -0.3 is 10.6 Å². The number of benzene rings is 1. The average Bonchev–Trinajstić information content (AvgIpc) is 2.41. The van der Waals surface area contributed by atoms with Crippen LogP contribution >= 0.6 is 0 Å². The van der Waals surface area contributed by atoms with E-state index in [0.717, 1.165) is 18.7 Å². The Morgan fingerprint density at radius 1 is 1.25 bits per heavy atom. The van der Waals surface area contributed by atoms with Crippen molar-refractivity contribution in [3.63, 3.8) is 0 Å². The van der Waals surface area contributed by atoms with E-state index in [2.05, 4.69) is 31.4 Å². The molecule has 2 nitrogen and oxygen atoms in total. The van der Waals surface area contributed by atoms with Gasteiger partial charge in [-0.2, -0.15) is 0 Å². The maximum atomic E-state index is 13.1. The summed E-state index contributed by atoms with van der Waals surface area (Å²) in [6, 6.07) is 7.70. The molecule has 2 N–H and O–H groups in total. The monoisotopic (exact) mass is 278 g/mol. The van der Waals surface area contributed by atoms with Gasteiger partial charge in [-0.1, -0.05) is 39.3 Å². The Labute approximate surface area is 122 Å². The third-order valence-corrected chi connectivity index (χ3v) is 4.05. The van der Waals surface area contributed by atoms with Gasteiger partial charge in [0.25, 0.3) is 0 Å². The second kappa shape index (κ2) is 6.68. The topological polar surface area (TPSA) is 24.1 Å². The number of hydrogen-bond acceptors (Lipinski definition) is 2. The predicted molar refractivity (Wildman–Crippen MR) is 82.2 cm³/mol. The highest BCUT2D eigenvalue weighted by Gasteiger charge is 2.26. The molecular formula is C17H27FN2. The lowest BCUT2D eigenvalue weighted by Gasteiger charge is -2.34. The molecule has 2 atom stereocenters. The smallest absolute Gasteiger partial charge is 0.123 e. The summed E-state index contributed by atoms with van der Waals surface area (Å²) in [7, 11) is 0. The fraction of sp³-hybridized carbons (Fsp3) is 0.647. The van der Waals surface area contributed by atoms with Crippen LogP contribution in [-0.4, -0.2) is 19.1 Å². The molecule has 1 saturated heterocycles. The molecule has 1 fully saturated rings. The zero-order valence-electron chi connectivity index (χ0n) is 12.9. The zero-order chi connectivity index (χ0) is 14.6. The van der Waals surface area contributed by atoms with Crippen molar-refractivity contribution in [3.8, 4) is 0 Å². The Hall–Kier alpha value is -0.930. The van der Waals surface area contributed by atoms with Crippen LogP contribution in [0.5, 0.6) is 0 Å². The maximum Gasteiger partial charge on any atom is 0.123 e. The van der Waals surface area contributed by atoms with Crippen molar-refractivity contribution in [1.82, 2.24) is 10.6 Å². The standard InChI is InChI=1S/C17H27FN2/c1-17(2,3)16(13-7-9-14(18)10-8-13)20-12-15-6-4-5-11-19-15/h7-10,15-16,19-20H,4-6,11-12H2,1-3H3. The summed E-state index contributed by atoms with van der Waals surface area (Å²) >= 11 is 0. The van der Waals surface area contributed by atoms with E-state index >= 15 is 0 Å². The zero-order valence-corrected chi connectivity index (χ0v) is 12.9. The lowest BCUT2D eigenvalue weighted by atomic mass is 9.82. The molecule has 0 radical (unpaired) electrons. The number of halogens is 1. The van der Waals surface area contributed by atoms with Crippen LogP contribution in [0.25, 0.3) is 0 Å². The van der Waals surface area contributed by atoms with Crippen LogP contribution in [0, 0.1) is 11.2 Å². The summed E-state index contributed by atoms with van der Waals surface area (Å²) in [5, 5.41) is 7.24. The van der Waals surface area contributed by atoms with Gasteiger partial charge in [0.1, 0.15) is 5.82 Å². The van der Waals surface area contributed by atoms with Gasteiger partial charge in [0.05, 0.1) is 0 Å². The molecule has 112 valence electrons. The lowest BCUT2D eigenvalue weighted by Crippen LogP contribution is -2.44. The molecule has 2 unspecified atom stereocenters. The summed E-state index contributed by atoms with van der Waals surface area (Å²) in [6.45, 7) is 8.77. The summed E-state index contributed by atoms with van der Waals surface area (Å²) in [4.78, 5) is 0. The van der Waals surface area contributed by atoms with Gasteiger partial charge in [-0.25, -0.2) is 4.39 Å². The predicted octanol–water partition coefficient (Wildman–Crippen LogP) is 3.64. The molecule has 1 aliphatic heterocycles. The first-order valence-electron chi connectivity index (χ1n) is 7.69. The highest BCUT2D eigenvalue weighted by molar-refractivity contribution is 5.21. The molecule has 1 aromatic rings. The Balaban J connectivity index is 2.02. The van der Waals surface area contributed by atoms with Gasteiger partial charge in [0, 0.05) is 18.6 Å². The van der Waals surface area contributed by atoms with E-state index in [1.165, 1.54) is 19.3 Å². The Morgan fingerprint density at radius 2 is 1.95 bits per heavy atom. The van der Waals surface area contributed by atoms with Crippen molar-refractivity contribution in [1.29, 1.82) is 0 Å². The van der Waals surface area contributed by atoms with Gasteiger partial charge in [-0.15, -0.1) is 0 Å². The molecule has 1 aromatic carbocycles. The Bertz CT molecular complexity index is 402. The van der Waals surface area contributed by atoms with Gasteiger partial charge in [-0.3, -0.25) is 0 Å². The molecule has 0 aromatic heterocycles. The minimum absolute atomic E-state index is 0.104. The van der Waals surface area contributed by atoms with Crippen molar-refractivity contribution in [3.05, 3.63) is 35.6 Å². The summed E-state index contributed by atoms with van der Waals surface area (Å²) in [5.41, 5.74) is 1.27. The Morgan fingerprint density at radius 3 is 2.50 bits per heavy atom. The summed E-state index contributed by atoms with van der Waals surface area (Å²) in [6.07, 6.45) is 3.85. The molecule has 20 heavy (non-hydrogen) atoms. The van der Waals surface area contributed by atoms with Crippen LogP contribution in [0.3, 0.4) is 0 Å². The molecule has 1 aliphatic rings. The number of nitrogens with one attached hydrogen (secondary N) is 2. The average molecular weight is 278 g/mol. The van der Waals surface area contributed by atoms with Crippen LogP contribution in [0.15, 0.2) is 24.3 Å². The van der Waals surface area contributed by atoms with Gasteiger partial charge >= 0.3 is 0 Å². The lowest BCUT2D eigenvalue weighted by molar-refractivity contribution is 0.255. The van der Waals surface area contributed by atoms with Crippen molar-refractivity contribution < 1.29 is 4.39 Å². The van der Waals surface area contributed by atoms with E-state index in [9.17, 15) is 4.39 Å². The van der Waals surface area contributed by atoms with Crippen molar-refractivity contribution in [2.45, 2.75) is 52.1 Å². The fourth-order valence-corrected chi connectivity index (χ4v) is 2.94. The van der Waals surface area contributed by atoms with Gasteiger partial charge in [-0.05, 0) is 42.5 Å². The molecule has 2 rings (SSSR count). The molecule has 0 saturated carbocycles. The summed E-state index contributed by atoms with van der Waals surface area (Å²) < 4.78 is 13.1. The minimum atomic E-state index is -0.171. The SMILES string of the molecule is CC(C)(C)C(NCC1CCCCN1)c1ccc(F)cc1. The molecule has 1 heterocycles. The van der Waals surface area contributed by atoms with Crippen LogP contribution in [0.4, 0.5) is 4.39 Å². The second-order valence-electron chi connectivity index (χ2n) is 6.91. The van der Waals surface area contributed by atoms with E-state index in [4.69, 9.17) is 0 Å². The molecule has 3 heteroatoms. The van der Waals surface area contributed by atoms with Crippen LogP contribution < -0.4 is 10.6 Å². The van der Waals surface area contributed by atoms with Gasteiger partial charge in [0.15, 0.2) is 0 Å². The third kappa shape index (κ3) is 4.29. The number of hydrogen-bond donors (Lipinski definition) is 2.